The maximum Gasteiger partial charge on any atom is 0.343 e. The molecule has 3 aromatic rings. The summed E-state index contributed by atoms with van der Waals surface area (Å²) >= 11 is 12.3. The average molecular weight is 675 g/mol. The van der Waals surface area contributed by atoms with Crippen LogP contribution in [0.2, 0.25) is 0 Å². The number of carbonyl (C=O) groups is 2. The zero-order chi connectivity index (χ0) is 31.2. The molecule has 0 aliphatic carbocycles. The van der Waals surface area contributed by atoms with Crippen LogP contribution in [0.1, 0.15) is 52.0 Å². The fourth-order valence-corrected chi connectivity index (χ4v) is 6.34. The molecule has 3 rings (SSSR count). The lowest BCUT2D eigenvalue weighted by Crippen LogP contribution is -2.09. The minimum absolute atomic E-state index is 0.241. The smallest absolute Gasteiger partial charge is 0.343 e. The molecule has 0 heterocycles. The Hall–Kier alpha value is -2.40. The molecule has 0 aliphatic rings. The molecule has 238 valence electrons. The monoisotopic (exact) mass is 674 g/mol. The summed E-state index contributed by atoms with van der Waals surface area (Å²) in [7, 11) is 0. The molecule has 0 spiro atoms. The Morgan fingerprint density at radius 1 is 0.545 bits per heavy atom. The van der Waals surface area contributed by atoms with Crippen LogP contribution in [0.4, 0.5) is 0 Å². The lowest BCUT2D eigenvalue weighted by atomic mass is 10.1. The zero-order valence-electron chi connectivity index (χ0n) is 25.0. The van der Waals surface area contributed by atoms with Crippen LogP contribution in [0.3, 0.4) is 0 Å². The second-order valence-corrected chi connectivity index (χ2v) is 13.1. The first-order chi connectivity index (χ1) is 21.6. The van der Waals surface area contributed by atoms with Gasteiger partial charge in [0.1, 0.15) is 17.2 Å². The van der Waals surface area contributed by atoms with E-state index in [1.54, 1.807) is 60.7 Å². The van der Waals surface area contributed by atoms with E-state index in [0.29, 0.717) is 36.5 Å². The van der Waals surface area contributed by atoms with Gasteiger partial charge in [-0.15, -0.1) is 0 Å². The van der Waals surface area contributed by atoms with Crippen molar-refractivity contribution in [2.75, 3.05) is 54.3 Å². The second kappa shape index (κ2) is 22.2. The number of hydrogen-bond donors (Lipinski definition) is 2. The summed E-state index contributed by atoms with van der Waals surface area (Å²) in [5, 5.41) is 0. The molecule has 0 saturated heterocycles. The van der Waals surface area contributed by atoms with Crippen molar-refractivity contribution in [1.29, 1.82) is 0 Å². The van der Waals surface area contributed by atoms with E-state index in [1.165, 1.54) is 0 Å². The summed E-state index contributed by atoms with van der Waals surface area (Å²) in [5.74, 6) is 7.34. The Balaban J connectivity index is 1.31. The number of ether oxygens (including phenoxy) is 4. The lowest BCUT2D eigenvalue weighted by Gasteiger charge is -2.09. The van der Waals surface area contributed by atoms with Crippen LogP contribution in [0.15, 0.2) is 72.8 Å². The van der Waals surface area contributed by atoms with Crippen LogP contribution >= 0.6 is 48.8 Å². The maximum absolute atomic E-state index is 12.6. The molecule has 0 fully saturated rings. The van der Waals surface area contributed by atoms with Gasteiger partial charge in [0, 0.05) is 6.42 Å². The Bertz CT molecular complexity index is 1220. The molecule has 10 heteroatoms. The molecule has 0 unspecified atom stereocenters. The highest BCUT2D eigenvalue weighted by atomic mass is 32.2. The third-order valence-electron chi connectivity index (χ3n) is 6.23. The minimum atomic E-state index is -0.436. The molecular weight excluding hydrogens is 633 g/mol. The summed E-state index contributed by atoms with van der Waals surface area (Å²) in [5.41, 5.74) is 1.90. The Kier molecular flexibility index (Phi) is 18.2. The lowest BCUT2D eigenvalue weighted by molar-refractivity contribution is 0.0508. The van der Waals surface area contributed by atoms with E-state index in [9.17, 15) is 9.59 Å². The van der Waals surface area contributed by atoms with Crippen molar-refractivity contribution < 1.29 is 28.5 Å². The van der Waals surface area contributed by atoms with Gasteiger partial charge in [0.05, 0.1) is 30.9 Å². The van der Waals surface area contributed by atoms with Gasteiger partial charge in [0.15, 0.2) is 0 Å². The Morgan fingerprint density at radius 3 is 1.50 bits per heavy atom. The Morgan fingerprint density at radius 2 is 1.00 bits per heavy atom. The van der Waals surface area contributed by atoms with E-state index < -0.39 is 5.97 Å². The summed E-state index contributed by atoms with van der Waals surface area (Å²) < 4.78 is 22.5. The van der Waals surface area contributed by atoms with Gasteiger partial charge < -0.3 is 18.9 Å². The number of esters is 2. The van der Waals surface area contributed by atoms with Gasteiger partial charge in [-0.1, -0.05) is 12.1 Å². The van der Waals surface area contributed by atoms with Crippen molar-refractivity contribution in [3.63, 3.8) is 0 Å². The number of thiol groups is 2. The SMILES string of the molecule is O=C(OCCc1ccc(OC(=O)c2ccc(OCCCSCCCS)cc2)cc1)c1ccc(OCCCSCCCS)cc1. The molecule has 3 aromatic carbocycles. The van der Waals surface area contributed by atoms with Gasteiger partial charge >= 0.3 is 11.9 Å². The topological polar surface area (TPSA) is 71.1 Å². The first kappa shape index (κ1) is 36.1. The minimum Gasteiger partial charge on any atom is -0.494 e. The predicted octanol–water partition coefficient (Wildman–Crippen LogP) is 7.95. The third-order valence-corrected chi connectivity index (χ3v) is 9.18. The van der Waals surface area contributed by atoms with Crippen LogP contribution in [-0.2, 0) is 11.2 Å². The van der Waals surface area contributed by atoms with Crippen molar-refractivity contribution in [2.45, 2.75) is 32.1 Å². The summed E-state index contributed by atoms with van der Waals surface area (Å²) in [6.45, 7) is 1.53. The molecular formula is C34H42O6S4. The van der Waals surface area contributed by atoms with E-state index in [-0.39, 0.29) is 12.6 Å². The second-order valence-electron chi connectivity index (χ2n) is 9.75. The highest BCUT2D eigenvalue weighted by molar-refractivity contribution is 7.99. The zero-order valence-corrected chi connectivity index (χ0v) is 28.4. The maximum atomic E-state index is 12.6. The van der Waals surface area contributed by atoms with Crippen LogP contribution in [0, 0.1) is 0 Å². The van der Waals surface area contributed by atoms with Crippen molar-refractivity contribution in [2.24, 2.45) is 0 Å². The van der Waals surface area contributed by atoms with E-state index in [2.05, 4.69) is 25.3 Å². The quantitative estimate of drug-likeness (QED) is 0.0482. The molecule has 6 nitrogen and oxygen atoms in total. The highest BCUT2D eigenvalue weighted by Crippen LogP contribution is 2.18. The van der Waals surface area contributed by atoms with E-state index in [1.807, 2.05) is 35.7 Å². The first-order valence-corrected chi connectivity index (χ1v) is 18.5. The van der Waals surface area contributed by atoms with Crippen LogP contribution in [0.25, 0.3) is 0 Å². The van der Waals surface area contributed by atoms with Gasteiger partial charge in [-0.3, -0.25) is 0 Å². The van der Waals surface area contributed by atoms with Gasteiger partial charge in [-0.05, 0) is 126 Å². The molecule has 0 bridgehead atoms. The predicted molar refractivity (Wildman–Crippen MR) is 190 cm³/mol. The first-order valence-electron chi connectivity index (χ1n) is 14.9. The number of hydrogen-bond acceptors (Lipinski definition) is 10. The number of thioether (sulfide) groups is 2. The molecule has 0 atom stereocenters. The molecule has 0 aromatic heterocycles. The van der Waals surface area contributed by atoms with Crippen LogP contribution in [0.5, 0.6) is 17.2 Å². The van der Waals surface area contributed by atoms with Crippen LogP contribution in [-0.4, -0.2) is 66.3 Å². The molecule has 0 radical (unpaired) electrons. The van der Waals surface area contributed by atoms with Crippen molar-refractivity contribution in [3.05, 3.63) is 89.5 Å². The molecule has 0 saturated carbocycles. The van der Waals surface area contributed by atoms with Crippen molar-refractivity contribution in [1.82, 2.24) is 0 Å². The average Bonchev–Trinajstić information content (AvgIpc) is 3.05. The van der Waals surface area contributed by atoms with Crippen molar-refractivity contribution in [3.8, 4) is 17.2 Å². The standard InChI is InChI=1S/C34H42O6S4/c35-33(28-7-13-30(14-8-28)37-18-1-23-43-25-3-21-41)39-20-17-27-5-11-32(12-6-27)40-34(36)29-9-15-31(16-10-29)38-19-2-24-44-26-4-22-42/h5-16,41-42H,1-4,17-26H2. The van der Waals surface area contributed by atoms with Gasteiger partial charge in [-0.2, -0.15) is 48.8 Å². The Labute approximate surface area is 281 Å². The van der Waals surface area contributed by atoms with E-state index in [4.69, 9.17) is 18.9 Å². The molecule has 0 amide bonds. The third kappa shape index (κ3) is 14.6. The van der Waals surface area contributed by atoms with Crippen LogP contribution < -0.4 is 14.2 Å². The summed E-state index contributed by atoms with van der Waals surface area (Å²) in [6.07, 6.45) is 4.74. The van der Waals surface area contributed by atoms with Gasteiger partial charge in [-0.25, -0.2) is 9.59 Å². The van der Waals surface area contributed by atoms with E-state index in [0.717, 1.165) is 77.3 Å². The molecule has 44 heavy (non-hydrogen) atoms. The number of benzene rings is 3. The fourth-order valence-electron chi connectivity index (χ4n) is 3.85. The van der Waals surface area contributed by atoms with E-state index >= 15 is 0 Å². The molecule has 0 aliphatic heterocycles. The fraction of sp³-hybridized carbons (Fsp3) is 0.412. The molecule has 0 N–H and O–H groups in total. The number of rotatable bonds is 22. The van der Waals surface area contributed by atoms with Crippen molar-refractivity contribution >= 4 is 60.7 Å². The van der Waals surface area contributed by atoms with Gasteiger partial charge in [0.2, 0.25) is 0 Å². The normalized spacial score (nSPS) is 10.8. The highest BCUT2D eigenvalue weighted by Gasteiger charge is 2.10. The summed E-state index contributed by atoms with van der Waals surface area (Å²) in [6, 6.07) is 21.2. The number of carbonyl (C=O) groups excluding carboxylic acids is 2. The van der Waals surface area contributed by atoms with Gasteiger partial charge in [0.25, 0.3) is 0 Å². The summed E-state index contributed by atoms with van der Waals surface area (Å²) in [4.78, 5) is 25.0. The largest absolute Gasteiger partial charge is 0.494 e.